The Morgan fingerprint density at radius 2 is 2.10 bits per heavy atom. The highest BCUT2D eigenvalue weighted by molar-refractivity contribution is 5.45. The van der Waals surface area contributed by atoms with E-state index in [1.54, 1.807) is 0 Å². The van der Waals surface area contributed by atoms with Crippen LogP contribution < -0.4 is 10.1 Å². The Morgan fingerprint density at radius 1 is 1.24 bits per heavy atom. The number of aryl methyl sites for hydroxylation is 1. The predicted octanol–water partition coefficient (Wildman–Crippen LogP) is 3.30. The van der Waals surface area contributed by atoms with E-state index >= 15 is 0 Å². The number of nitrogens with one attached hydrogen (secondary N) is 1. The second kappa shape index (κ2) is 6.72. The fraction of sp³-hybridized carbons (Fsp3) is 0.389. The van der Waals surface area contributed by atoms with Gasteiger partial charge in [-0.3, -0.25) is 4.98 Å². The molecule has 1 aromatic carbocycles. The molecule has 0 aliphatic carbocycles. The molecule has 1 atom stereocenters. The van der Waals surface area contributed by atoms with Crippen molar-refractivity contribution in [3.05, 3.63) is 59.4 Å². The van der Waals surface area contributed by atoms with Crippen molar-refractivity contribution in [2.45, 2.75) is 32.2 Å². The number of para-hydroxylation sites is 1. The molecule has 0 amide bonds. The van der Waals surface area contributed by atoms with Crippen LogP contribution in [0.2, 0.25) is 0 Å². The lowest BCUT2D eigenvalue weighted by atomic mass is 9.94. The molecule has 2 heterocycles. The first kappa shape index (κ1) is 14.1. The van der Waals surface area contributed by atoms with Crippen molar-refractivity contribution in [1.29, 1.82) is 0 Å². The minimum atomic E-state index is 0.283. The maximum absolute atomic E-state index is 5.97. The lowest BCUT2D eigenvalue weighted by Crippen LogP contribution is -2.24. The third-order valence-corrected chi connectivity index (χ3v) is 3.98. The summed E-state index contributed by atoms with van der Waals surface area (Å²) in [5.41, 5.74) is 3.92. The van der Waals surface area contributed by atoms with Crippen LogP contribution in [-0.4, -0.2) is 18.1 Å². The van der Waals surface area contributed by atoms with Crippen LogP contribution in [0.5, 0.6) is 5.75 Å². The summed E-state index contributed by atoms with van der Waals surface area (Å²) in [6.07, 6.45) is 6.91. The zero-order chi connectivity index (χ0) is 14.5. The van der Waals surface area contributed by atoms with Crippen molar-refractivity contribution in [3.63, 3.8) is 0 Å². The molecule has 3 nitrogen and oxygen atoms in total. The summed E-state index contributed by atoms with van der Waals surface area (Å²) in [6.45, 7) is 3.92. The number of pyridine rings is 1. The zero-order valence-corrected chi connectivity index (χ0v) is 12.5. The number of rotatable bonds is 5. The van der Waals surface area contributed by atoms with Crippen molar-refractivity contribution < 1.29 is 4.74 Å². The summed E-state index contributed by atoms with van der Waals surface area (Å²) in [7, 11) is 0. The molecule has 0 fully saturated rings. The SMILES string of the molecule is CCNC(Cc1ccncc1)c1cccc2c1OCCC2. The fourth-order valence-electron chi connectivity index (χ4n) is 2.98. The molecule has 1 aliphatic rings. The van der Waals surface area contributed by atoms with E-state index in [1.807, 2.05) is 12.4 Å². The van der Waals surface area contributed by atoms with Gasteiger partial charge in [0.25, 0.3) is 0 Å². The van der Waals surface area contributed by atoms with E-state index in [1.165, 1.54) is 16.7 Å². The Balaban J connectivity index is 1.90. The van der Waals surface area contributed by atoms with Crippen LogP contribution in [0.1, 0.15) is 36.1 Å². The molecule has 1 N–H and O–H groups in total. The van der Waals surface area contributed by atoms with Crippen molar-refractivity contribution in [1.82, 2.24) is 10.3 Å². The molecule has 3 heteroatoms. The summed E-state index contributed by atoms with van der Waals surface area (Å²) in [5.74, 6) is 1.10. The van der Waals surface area contributed by atoms with Gasteiger partial charge in [0.15, 0.2) is 0 Å². The molecule has 21 heavy (non-hydrogen) atoms. The van der Waals surface area contributed by atoms with Crippen molar-refractivity contribution in [2.75, 3.05) is 13.2 Å². The first-order valence-corrected chi connectivity index (χ1v) is 7.75. The molecule has 2 aromatic rings. The lowest BCUT2D eigenvalue weighted by Gasteiger charge is -2.26. The summed E-state index contributed by atoms with van der Waals surface area (Å²) in [4.78, 5) is 4.10. The number of nitrogens with zero attached hydrogens (tertiary/aromatic N) is 1. The first-order valence-electron chi connectivity index (χ1n) is 7.75. The monoisotopic (exact) mass is 282 g/mol. The standard InChI is InChI=1S/C18H22N2O/c1-2-20-17(13-14-8-10-19-11-9-14)16-7-3-5-15-6-4-12-21-18(15)16/h3,5,7-11,17,20H,2,4,6,12-13H2,1H3. The van der Waals surface area contributed by atoms with Crippen LogP contribution in [0.25, 0.3) is 0 Å². The molecule has 1 aliphatic heterocycles. The third kappa shape index (κ3) is 3.24. The largest absolute Gasteiger partial charge is 0.493 e. The van der Waals surface area contributed by atoms with Crippen molar-refractivity contribution in [3.8, 4) is 5.75 Å². The number of hydrogen-bond donors (Lipinski definition) is 1. The quantitative estimate of drug-likeness (QED) is 0.913. The van der Waals surface area contributed by atoms with Gasteiger partial charge < -0.3 is 10.1 Å². The molecule has 0 bridgehead atoms. The maximum atomic E-state index is 5.97. The van der Waals surface area contributed by atoms with Crippen molar-refractivity contribution in [2.24, 2.45) is 0 Å². The topological polar surface area (TPSA) is 34.2 Å². The van der Waals surface area contributed by atoms with Crippen LogP contribution in [0.15, 0.2) is 42.7 Å². The smallest absolute Gasteiger partial charge is 0.127 e. The number of likely N-dealkylation sites (N-methyl/N-ethyl adjacent to an activating group) is 1. The molecule has 110 valence electrons. The van der Waals surface area contributed by atoms with Crippen LogP contribution in [-0.2, 0) is 12.8 Å². The first-order chi connectivity index (χ1) is 10.4. The number of ether oxygens (including phenoxy) is 1. The highest BCUT2D eigenvalue weighted by Crippen LogP contribution is 2.34. The van der Waals surface area contributed by atoms with Gasteiger partial charge in [-0.05, 0) is 49.1 Å². The maximum Gasteiger partial charge on any atom is 0.127 e. The van der Waals surface area contributed by atoms with E-state index in [9.17, 15) is 0 Å². The molecule has 3 rings (SSSR count). The number of benzene rings is 1. The third-order valence-electron chi connectivity index (χ3n) is 3.98. The molecule has 0 saturated heterocycles. The van der Waals surface area contributed by atoms with Gasteiger partial charge in [-0.1, -0.05) is 25.1 Å². The summed E-state index contributed by atoms with van der Waals surface area (Å²) >= 11 is 0. The van der Waals surface area contributed by atoms with Gasteiger partial charge in [-0.15, -0.1) is 0 Å². The van der Waals surface area contributed by atoms with Crippen LogP contribution in [0, 0.1) is 0 Å². The van der Waals surface area contributed by atoms with E-state index < -0.39 is 0 Å². The molecule has 0 radical (unpaired) electrons. The normalized spacial score (nSPS) is 15.1. The summed E-state index contributed by atoms with van der Waals surface area (Å²) < 4.78 is 5.97. The Bertz CT molecular complexity index is 583. The van der Waals surface area contributed by atoms with E-state index in [0.29, 0.717) is 0 Å². The number of fused-ring (bicyclic) bond motifs is 1. The van der Waals surface area contributed by atoms with Gasteiger partial charge in [-0.25, -0.2) is 0 Å². The highest BCUT2D eigenvalue weighted by atomic mass is 16.5. The Kier molecular flexibility index (Phi) is 4.51. The van der Waals surface area contributed by atoms with Gasteiger partial charge in [0.05, 0.1) is 6.61 Å². The number of aromatic nitrogens is 1. The Labute approximate surface area is 126 Å². The molecule has 1 unspecified atom stereocenters. The Morgan fingerprint density at radius 3 is 2.90 bits per heavy atom. The van der Waals surface area contributed by atoms with E-state index in [2.05, 4.69) is 47.6 Å². The fourth-order valence-corrected chi connectivity index (χ4v) is 2.98. The van der Waals surface area contributed by atoms with Crippen LogP contribution in [0.4, 0.5) is 0 Å². The highest BCUT2D eigenvalue weighted by Gasteiger charge is 2.20. The van der Waals surface area contributed by atoms with E-state index in [0.717, 1.165) is 38.2 Å². The minimum absolute atomic E-state index is 0.283. The van der Waals surface area contributed by atoms with Gasteiger partial charge in [0.1, 0.15) is 5.75 Å². The average molecular weight is 282 g/mol. The predicted molar refractivity (Wildman–Crippen MR) is 84.6 cm³/mol. The average Bonchev–Trinajstić information content (AvgIpc) is 2.55. The van der Waals surface area contributed by atoms with Gasteiger partial charge in [0.2, 0.25) is 0 Å². The summed E-state index contributed by atoms with van der Waals surface area (Å²) in [6, 6.07) is 11.0. The van der Waals surface area contributed by atoms with Crippen LogP contribution in [0.3, 0.4) is 0 Å². The lowest BCUT2D eigenvalue weighted by molar-refractivity contribution is 0.281. The van der Waals surface area contributed by atoms with Crippen LogP contribution >= 0.6 is 0 Å². The van der Waals surface area contributed by atoms with Gasteiger partial charge >= 0.3 is 0 Å². The van der Waals surface area contributed by atoms with Gasteiger partial charge in [-0.2, -0.15) is 0 Å². The number of hydrogen-bond acceptors (Lipinski definition) is 3. The van der Waals surface area contributed by atoms with Gasteiger partial charge in [0, 0.05) is 24.0 Å². The van der Waals surface area contributed by atoms with Crippen molar-refractivity contribution >= 4 is 0 Å². The molecule has 1 aromatic heterocycles. The van der Waals surface area contributed by atoms with E-state index in [-0.39, 0.29) is 6.04 Å². The molecular weight excluding hydrogens is 260 g/mol. The second-order valence-electron chi connectivity index (χ2n) is 5.46. The minimum Gasteiger partial charge on any atom is -0.493 e. The second-order valence-corrected chi connectivity index (χ2v) is 5.46. The molecular formula is C18H22N2O. The Hall–Kier alpha value is -1.87. The summed E-state index contributed by atoms with van der Waals surface area (Å²) in [5, 5.41) is 3.60. The molecule has 0 saturated carbocycles. The van der Waals surface area contributed by atoms with E-state index in [4.69, 9.17) is 4.74 Å². The zero-order valence-electron chi connectivity index (χ0n) is 12.5. The molecule has 0 spiro atoms.